The second-order valence-corrected chi connectivity index (χ2v) is 13.2. The number of nitrogens with zero attached hydrogens (tertiary/aromatic N) is 5. The number of hydrogen-bond donors (Lipinski definition) is 0. The summed E-state index contributed by atoms with van der Waals surface area (Å²) in [6.45, 7) is 5.76. The normalized spacial score (nSPS) is 16.6. The van der Waals surface area contributed by atoms with E-state index in [1.807, 2.05) is 38.1 Å². The van der Waals surface area contributed by atoms with E-state index in [9.17, 15) is 8.42 Å². The second kappa shape index (κ2) is 10.6. The molecule has 1 saturated heterocycles. The van der Waals surface area contributed by atoms with Crippen molar-refractivity contribution in [1.82, 2.24) is 20.1 Å². The van der Waals surface area contributed by atoms with Gasteiger partial charge in [-0.2, -0.15) is 4.98 Å². The number of pyridine rings is 2. The zero-order valence-electron chi connectivity index (χ0n) is 22.8. The topological polar surface area (TPSA) is 111 Å². The van der Waals surface area contributed by atoms with Crippen LogP contribution in [0.1, 0.15) is 61.7 Å². The van der Waals surface area contributed by atoms with Gasteiger partial charge in [-0.1, -0.05) is 26.0 Å². The predicted octanol–water partition coefficient (Wildman–Crippen LogP) is 5.13. The van der Waals surface area contributed by atoms with E-state index in [-0.39, 0.29) is 23.0 Å². The lowest BCUT2D eigenvalue weighted by Gasteiger charge is -2.44. The van der Waals surface area contributed by atoms with Gasteiger partial charge in [-0.15, -0.1) is 0 Å². The molecule has 1 aromatic carbocycles. The molecule has 208 valence electrons. The van der Waals surface area contributed by atoms with Gasteiger partial charge in [-0.3, -0.25) is 9.97 Å². The summed E-state index contributed by atoms with van der Waals surface area (Å²) < 4.78 is 37.3. The van der Waals surface area contributed by atoms with Crippen LogP contribution in [0.15, 0.2) is 65.4 Å². The van der Waals surface area contributed by atoms with Crippen molar-refractivity contribution in [2.75, 3.05) is 18.0 Å². The van der Waals surface area contributed by atoms with E-state index in [2.05, 4.69) is 31.1 Å². The molecule has 0 amide bonds. The summed E-state index contributed by atoms with van der Waals surface area (Å²) in [5.74, 6) is 2.33. The van der Waals surface area contributed by atoms with E-state index >= 15 is 0 Å². The van der Waals surface area contributed by atoms with Gasteiger partial charge in [0.25, 0.3) is 5.95 Å². The molecule has 0 saturated carbocycles. The standard InChI is InChI=1S/C30H33N5O4S/c1-21(2)28-33-29(34-39-28)35-15-12-30(13-16-35)11-10-24-17-23(7-9-27(24)38-30)26-8-6-22(18-32-26)19-40(36,37)20-25-5-3-4-14-31-25/h3-9,14,17-18,21H,10-13,15-16,19-20H2,1-2H3. The lowest BCUT2D eigenvalue weighted by Crippen LogP contribution is -2.50. The monoisotopic (exact) mass is 559 g/mol. The molecule has 40 heavy (non-hydrogen) atoms. The quantitative estimate of drug-likeness (QED) is 0.304. The summed E-state index contributed by atoms with van der Waals surface area (Å²) in [5.41, 5.74) is 4.01. The fraction of sp³-hybridized carbons (Fsp3) is 0.400. The summed E-state index contributed by atoms with van der Waals surface area (Å²) >= 11 is 0. The molecule has 4 aromatic rings. The molecule has 10 heteroatoms. The van der Waals surface area contributed by atoms with Gasteiger partial charge >= 0.3 is 0 Å². The van der Waals surface area contributed by atoms with Gasteiger partial charge in [0.05, 0.1) is 22.9 Å². The Kier molecular flexibility index (Phi) is 7.04. The van der Waals surface area contributed by atoms with E-state index in [1.54, 1.807) is 30.6 Å². The van der Waals surface area contributed by atoms with Crippen LogP contribution in [0.4, 0.5) is 5.95 Å². The molecule has 2 aliphatic rings. The minimum Gasteiger partial charge on any atom is -0.487 e. The van der Waals surface area contributed by atoms with Crippen molar-refractivity contribution in [1.29, 1.82) is 0 Å². The number of rotatable bonds is 7. The van der Waals surface area contributed by atoms with Crippen LogP contribution in [0.25, 0.3) is 11.3 Å². The molecular weight excluding hydrogens is 526 g/mol. The Hall–Kier alpha value is -3.79. The average molecular weight is 560 g/mol. The van der Waals surface area contributed by atoms with Crippen LogP contribution in [0.2, 0.25) is 0 Å². The van der Waals surface area contributed by atoms with Crippen LogP contribution in [-0.2, 0) is 27.8 Å². The average Bonchev–Trinajstić information content (AvgIpc) is 3.45. The van der Waals surface area contributed by atoms with E-state index in [1.165, 1.54) is 5.56 Å². The van der Waals surface area contributed by atoms with Gasteiger partial charge in [0.2, 0.25) is 5.89 Å². The summed E-state index contributed by atoms with van der Waals surface area (Å²) in [5, 5.41) is 4.17. The predicted molar refractivity (Wildman–Crippen MR) is 152 cm³/mol. The maximum Gasteiger partial charge on any atom is 0.266 e. The van der Waals surface area contributed by atoms with Gasteiger partial charge in [-0.25, -0.2) is 8.42 Å². The molecule has 0 radical (unpaired) electrons. The van der Waals surface area contributed by atoms with Crippen molar-refractivity contribution in [3.63, 3.8) is 0 Å². The molecule has 9 nitrogen and oxygen atoms in total. The Morgan fingerprint density at radius 3 is 2.55 bits per heavy atom. The Morgan fingerprint density at radius 1 is 1.00 bits per heavy atom. The van der Waals surface area contributed by atoms with Crippen LogP contribution in [0, 0.1) is 0 Å². The number of fused-ring (bicyclic) bond motifs is 1. The smallest absolute Gasteiger partial charge is 0.266 e. The number of ether oxygens (including phenoxy) is 1. The molecule has 0 bridgehead atoms. The molecule has 2 aliphatic heterocycles. The lowest BCUT2D eigenvalue weighted by molar-refractivity contribution is 0.0223. The fourth-order valence-electron chi connectivity index (χ4n) is 5.43. The first kappa shape index (κ1) is 26.4. The Morgan fingerprint density at radius 2 is 1.85 bits per heavy atom. The Bertz CT molecular complexity index is 1580. The van der Waals surface area contributed by atoms with Gasteiger partial charge in [-0.05, 0) is 65.5 Å². The molecule has 0 atom stereocenters. The van der Waals surface area contributed by atoms with Crippen molar-refractivity contribution < 1.29 is 17.7 Å². The lowest BCUT2D eigenvalue weighted by atomic mass is 9.83. The molecule has 0 N–H and O–H groups in total. The molecule has 6 rings (SSSR count). The number of aromatic nitrogens is 4. The molecular formula is C30H33N5O4S. The fourth-order valence-corrected chi connectivity index (χ4v) is 6.83. The summed E-state index contributed by atoms with van der Waals surface area (Å²) in [4.78, 5) is 15.4. The van der Waals surface area contributed by atoms with E-state index in [0.29, 0.717) is 23.1 Å². The molecule has 0 unspecified atom stereocenters. The number of hydrogen-bond acceptors (Lipinski definition) is 9. The van der Waals surface area contributed by atoms with Crippen LogP contribution >= 0.6 is 0 Å². The largest absolute Gasteiger partial charge is 0.487 e. The Balaban J connectivity index is 1.09. The summed E-state index contributed by atoms with van der Waals surface area (Å²) in [6, 6.07) is 15.2. The van der Waals surface area contributed by atoms with E-state index in [4.69, 9.17) is 9.26 Å². The van der Waals surface area contributed by atoms with Crippen LogP contribution in [-0.4, -0.2) is 47.2 Å². The summed E-state index contributed by atoms with van der Waals surface area (Å²) in [6.07, 6.45) is 6.97. The van der Waals surface area contributed by atoms with Crippen molar-refractivity contribution in [2.24, 2.45) is 0 Å². The zero-order chi connectivity index (χ0) is 27.7. The minimum atomic E-state index is -3.35. The Labute approximate surface area is 234 Å². The number of benzene rings is 1. The SMILES string of the molecule is CC(C)c1nc(N2CCC3(CCc4cc(-c5ccc(CS(=O)(=O)Cc6ccccn6)cn5)ccc4O3)CC2)no1. The number of piperidine rings is 1. The third-order valence-corrected chi connectivity index (χ3v) is 9.23. The minimum absolute atomic E-state index is 0.0694. The van der Waals surface area contributed by atoms with Gasteiger partial charge in [0, 0.05) is 49.8 Å². The first-order valence-electron chi connectivity index (χ1n) is 13.7. The molecule has 3 aromatic heterocycles. The second-order valence-electron chi connectivity index (χ2n) is 11.1. The third kappa shape index (κ3) is 5.72. The van der Waals surface area contributed by atoms with Crippen molar-refractivity contribution >= 4 is 15.8 Å². The third-order valence-electron chi connectivity index (χ3n) is 7.72. The first-order chi connectivity index (χ1) is 19.3. The van der Waals surface area contributed by atoms with E-state index < -0.39 is 9.84 Å². The van der Waals surface area contributed by atoms with Gasteiger partial charge < -0.3 is 14.2 Å². The maximum atomic E-state index is 12.6. The number of sulfone groups is 1. The number of anilines is 1. The summed E-state index contributed by atoms with van der Waals surface area (Å²) in [7, 11) is -3.35. The maximum absolute atomic E-state index is 12.6. The van der Waals surface area contributed by atoms with Crippen LogP contribution in [0.3, 0.4) is 0 Å². The molecule has 0 aliphatic carbocycles. The number of aryl methyl sites for hydroxylation is 1. The first-order valence-corrected chi connectivity index (χ1v) is 15.6. The molecule has 1 fully saturated rings. The van der Waals surface area contributed by atoms with Crippen molar-refractivity contribution in [2.45, 2.75) is 62.6 Å². The van der Waals surface area contributed by atoms with Gasteiger partial charge in [0.15, 0.2) is 9.84 Å². The highest BCUT2D eigenvalue weighted by Gasteiger charge is 2.40. The van der Waals surface area contributed by atoms with Crippen LogP contribution < -0.4 is 9.64 Å². The van der Waals surface area contributed by atoms with E-state index in [0.717, 1.165) is 55.8 Å². The highest BCUT2D eigenvalue weighted by molar-refractivity contribution is 7.89. The zero-order valence-corrected chi connectivity index (χ0v) is 23.6. The van der Waals surface area contributed by atoms with Crippen LogP contribution in [0.5, 0.6) is 5.75 Å². The highest BCUT2D eigenvalue weighted by atomic mass is 32.2. The van der Waals surface area contributed by atoms with Crippen molar-refractivity contribution in [3.8, 4) is 17.0 Å². The van der Waals surface area contributed by atoms with Crippen molar-refractivity contribution in [3.05, 3.63) is 83.6 Å². The van der Waals surface area contributed by atoms with Gasteiger partial charge in [0.1, 0.15) is 11.4 Å². The highest BCUT2D eigenvalue weighted by Crippen LogP contribution is 2.41. The molecule has 1 spiro atoms. The molecule has 5 heterocycles.